The van der Waals surface area contributed by atoms with Crippen molar-refractivity contribution < 1.29 is 14.4 Å². The van der Waals surface area contributed by atoms with Crippen molar-refractivity contribution in [3.63, 3.8) is 0 Å². The molecule has 4 N–H and O–H groups in total. The summed E-state index contributed by atoms with van der Waals surface area (Å²) in [4.78, 5) is 43.8. The zero-order chi connectivity index (χ0) is 34.2. The summed E-state index contributed by atoms with van der Waals surface area (Å²) in [6, 6.07) is 13.1. The fraction of sp³-hybridized carbons (Fsp3) is 0.500. The molecule has 3 rings (SSSR count). The van der Waals surface area contributed by atoms with E-state index in [0.717, 1.165) is 39.9 Å². The summed E-state index contributed by atoms with van der Waals surface area (Å²) in [5.74, 6) is -0.289. The van der Waals surface area contributed by atoms with Crippen LogP contribution in [0.25, 0.3) is 5.70 Å². The summed E-state index contributed by atoms with van der Waals surface area (Å²) in [7, 11) is 9.00. The maximum atomic E-state index is 14.4. The number of hydrogen-bond acceptors (Lipinski definition) is 7. The van der Waals surface area contributed by atoms with E-state index >= 15 is 0 Å². The third kappa shape index (κ3) is 8.14. The van der Waals surface area contributed by atoms with Crippen molar-refractivity contribution in [2.24, 2.45) is 5.92 Å². The van der Waals surface area contributed by atoms with Crippen molar-refractivity contribution in [1.29, 1.82) is 5.26 Å². The molecule has 248 valence electrons. The van der Waals surface area contributed by atoms with Gasteiger partial charge in [-0.1, -0.05) is 45.0 Å². The van der Waals surface area contributed by atoms with Crippen LogP contribution in [0.5, 0.6) is 0 Å². The van der Waals surface area contributed by atoms with E-state index in [0.29, 0.717) is 37.2 Å². The van der Waals surface area contributed by atoms with Gasteiger partial charge < -0.3 is 20.4 Å². The van der Waals surface area contributed by atoms with Crippen molar-refractivity contribution in [3.05, 3.63) is 76.4 Å². The molecule has 0 aliphatic heterocycles. The minimum absolute atomic E-state index is 0.00116. The maximum absolute atomic E-state index is 14.4. The van der Waals surface area contributed by atoms with Crippen LogP contribution in [0.3, 0.4) is 0 Å². The third-order valence-electron chi connectivity index (χ3n) is 9.00. The first-order chi connectivity index (χ1) is 21.8. The quantitative estimate of drug-likeness (QED) is 0.236. The Balaban J connectivity index is 2.09. The second-order valence-electron chi connectivity index (χ2n) is 12.9. The van der Waals surface area contributed by atoms with Crippen LogP contribution in [-0.2, 0) is 27.8 Å². The summed E-state index contributed by atoms with van der Waals surface area (Å²) >= 11 is 0. The maximum Gasteiger partial charge on any atom is 0.253 e. The molecule has 0 spiro atoms. The number of amides is 3. The highest BCUT2D eigenvalue weighted by Crippen LogP contribution is 2.44. The van der Waals surface area contributed by atoms with Gasteiger partial charge in [-0.15, -0.1) is 0 Å². The van der Waals surface area contributed by atoms with Crippen molar-refractivity contribution in [1.82, 2.24) is 31.3 Å². The SMILES string of the molecule is C=C(c1ccc2c(c1)CCc1cc(C(=O)N(C)C)ccc1C2(C[C@@H](C)NCC(=O)NC(C#N)C[C@@H](C)CC)C(=O)NNC)N(C)C. The van der Waals surface area contributed by atoms with E-state index in [1.807, 2.05) is 50.2 Å². The van der Waals surface area contributed by atoms with Gasteiger partial charge in [0.25, 0.3) is 5.91 Å². The average Bonchev–Trinajstić information content (AvgIpc) is 3.16. The number of nitrogens with one attached hydrogen (secondary N) is 4. The van der Waals surface area contributed by atoms with Gasteiger partial charge in [-0.05, 0) is 84.5 Å². The molecule has 10 heteroatoms. The highest BCUT2D eigenvalue weighted by atomic mass is 16.2. The van der Waals surface area contributed by atoms with E-state index < -0.39 is 11.5 Å². The van der Waals surface area contributed by atoms with Gasteiger partial charge in [0, 0.05) is 52.5 Å². The molecular formula is C36H51N7O3. The summed E-state index contributed by atoms with van der Waals surface area (Å²) in [6.45, 7) is 10.3. The fourth-order valence-corrected chi connectivity index (χ4v) is 6.21. The van der Waals surface area contributed by atoms with Gasteiger partial charge in [-0.25, -0.2) is 5.43 Å². The number of rotatable bonds is 14. The van der Waals surface area contributed by atoms with E-state index in [9.17, 15) is 19.6 Å². The molecule has 1 aliphatic rings. The normalized spacial score (nSPS) is 17.2. The number of benzene rings is 2. The number of nitrogens with zero attached hydrogens (tertiary/aromatic N) is 3. The van der Waals surface area contributed by atoms with Gasteiger partial charge >= 0.3 is 0 Å². The smallest absolute Gasteiger partial charge is 0.253 e. The summed E-state index contributed by atoms with van der Waals surface area (Å²) in [5.41, 5.74) is 10.6. The lowest BCUT2D eigenvalue weighted by atomic mass is 9.67. The second-order valence-corrected chi connectivity index (χ2v) is 12.9. The van der Waals surface area contributed by atoms with Gasteiger partial charge in [-0.2, -0.15) is 5.26 Å². The minimum atomic E-state index is -1.16. The first-order valence-electron chi connectivity index (χ1n) is 16.0. The number of carbonyl (C=O) groups is 3. The third-order valence-corrected chi connectivity index (χ3v) is 9.00. The van der Waals surface area contributed by atoms with Gasteiger partial charge in [-0.3, -0.25) is 19.8 Å². The van der Waals surface area contributed by atoms with Crippen LogP contribution in [0, 0.1) is 17.2 Å². The van der Waals surface area contributed by atoms with Crippen LogP contribution >= 0.6 is 0 Å². The van der Waals surface area contributed by atoms with Crippen molar-refractivity contribution in [2.45, 2.75) is 70.4 Å². The standard InChI is InChI=1S/C36H51N7O3/c1-10-23(2)17-30(21-37)40-33(44)22-39-24(3)20-36(35(46)41-38-5)31-15-13-26(25(4)42(6)7)18-27(31)11-12-28-19-29(14-16-32(28)36)34(45)43(8)9/h13-16,18-19,23-24,30,38-39H,4,10-12,17,20,22H2,1-3,5-9H3,(H,40,44)(H,41,46)/t23-,24+,30?,36?/m0/s1. The molecule has 0 radical (unpaired) electrons. The lowest BCUT2D eigenvalue weighted by molar-refractivity contribution is -0.126. The van der Waals surface area contributed by atoms with Crippen LogP contribution in [0.15, 0.2) is 43.0 Å². The summed E-state index contributed by atoms with van der Waals surface area (Å²) < 4.78 is 0. The molecule has 0 saturated carbocycles. The predicted molar refractivity (Wildman–Crippen MR) is 183 cm³/mol. The van der Waals surface area contributed by atoms with Crippen LogP contribution in [-0.4, -0.2) is 81.4 Å². The summed E-state index contributed by atoms with van der Waals surface area (Å²) in [6.07, 6.45) is 3.16. The molecule has 1 aliphatic carbocycles. The number of nitriles is 1. The largest absolute Gasteiger partial charge is 0.378 e. The van der Waals surface area contributed by atoms with Gasteiger partial charge in [0.05, 0.1) is 12.6 Å². The predicted octanol–water partition coefficient (Wildman–Crippen LogP) is 3.37. The lowest BCUT2D eigenvalue weighted by Crippen LogP contribution is -2.53. The van der Waals surface area contributed by atoms with E-state index in [1.54, 1.807) is 32.1 Å². The molecule has 0 heterocycles. The topological polar surface area (TPSA) is 130 Å². The Morgan fingerprint density at radius 2 is 1.57 bits per heavy atom. The number of fused-ring (bicyclic) bond motifs is 2. The fourth-order valence-electron chi connectivity index (χ4n) is 6.21. The van der Waals surface area contributed by atoms with Crippen LogP contribution in [0.1, 0.15) is 78.2 Å². The molecule has 2 unspecified atom stereocenters. The first-order valence-corrected chi connectivity index (χ1v) is 16.0. The Morgan fingerprint density at radius 3 is 2.09 bits per heavy atom. The molecule has 46 heavy (non-hydrogen) atoms. The molecule has 4 atom stereocenters. The first kappa shape index (κ1) is 36.3. The van der Waals surface area contributed by atoms with Crippen LogP contribution in [0.4, 0.5) is 0 Å². The Labute approximate surface area is 274 Å². The number of hydrogen-bond donors (Lipinski definition) is 4. The van der Waals surface area contributed by atoms with Crippen molar-refractivity contribution >= 4 is 23.4 Å². The zero-order valence-electron chi connectivity index (χ0n) is 28.7. The zero-order valence-corrected chi connectivity index (χ0v) is 28.7. The highest BCUT2D eigenvalue weighted by Gasteiger charge is 2.47. The monoisotopic (exact) mass is 629 g/mol. The second kappa shape index (κ2) is 15.9. The highest BCUT2D eigenvalue weighted by molar-refractivity contribution is 5.96. The average molecular weight is 630 g/mol. The lowest BCUT2D eigenvalue weighted by Gasteiger charge is -2.37. The number of hydrazine groups is 1. The Kier molecular flexibility index (Phi) is 12.5. The van der Waals surface area contributed by atoms with Crippen molar-refractivity contribution in [2.75, 3.05) is 41.8 Å². The molecule has 10 nitrogen and oxygen atoms in total. The molecule has 0 bridgehead atoms. The van der Waals surface area contributed by atoms with E-state index in [1.165, 1.54) is 0 Å². The van der Waals surface area contributed by atoms with Gasteiger partial charge in [0.1, 0.15) is 11.5 Å². The van der Waals surface area contributed by atoms with E-state index in [4.69, 9.17) is 0 Å². The summed E-state index contributed by atoms with van der Waals surface area (Å²) in [5, 5.41) is 15.7. The van der Waals surface area contributed by atoms with Crippen LogP contribution < -0.4 is 21.5 Å². The molecule has 0 aromatic heterocycles. The van der Waals surface area contributed by atoms with Crippen LogP contribution in [0.2, 0.25) is 0 Å². The van der Waals surface area contributed by atoms with E-state index in [-0.39, 0.29) is 30.3 Å². The minimum Gasteiger partial charge on any atom is -0.378 e. The molecular weight excluding hydrogens is 578 g/mol. The molecule has 2 aromatic rings. The Bertz CT molecular complexity index is 1400. The molecule has 0 saturated heterocycles. The Morgan fingerprint density at radius 1 is 0.978 bits per heavy atom. The number of aryl methyl sites for hydroxylation is 2. The van der Waals surface area contributed by atoms with Gasteiger partial charge in [0.2, 0.25) is 11.8 Å². The molecule has 2 aromatic carbocycles. The Hall–Kier alpha value is -4.20. The molecule has 3 amide bonds. The number of carbonyl (C=O) groups excluding carboxylic acids is 3. The van der Waals surface area contributed by atoms with Gasteiger partial charge in [0.15, 0.2) is 0 Å². The van der Waals surface area contributed by atoms with Crippen molar-refractivity contribution in [3.8, 4) is 6.07 Å². The molecule has 0 fully saturated rings. The van der Waals surface area contributed by atoms with E-state index in [2.05, 4.69) is 54.0 Å².